The molecular formula is C16H24N4O2S. The zero-order valence-corrected chi connectivity index (χ0v) is 14.9. The van der Waals surface area contributed by atoms with Gasteiger partial charge < -0.3 is 9.47 Å². The van der Waals surface area contributed by atoms with Crippen molar-refractivity contribution in [2.45, 2.75) is 57.7 Å². The highest BCUT2D eigenvalue weighted by atomic mass is 32.2. The van der Waals surface area contributed by atoms with Gasteiger partial charge in [-0.2, -0.15) is 4.98 Å². The molecule has 3 heterocycles. The molecule has 1 fully saturated rings. The van der Waals surface area contributed by atoms with E-state index in [9.17, 15) is 0 Å². The largest absolute Gasteiger partial charge is 0.355 e. The van der Waals surface area contributed by atoms with Crippen molar-refractivity contribution in [2.75, 3.05) is 19.2 Å². The van der Waals surface area contributed by atoms with Crippen LogP contribution in [0.3, 0.4) is 0 Å². The quantitative estimate of drug-likeness (QED) is 0.756. The van der Waals surface area contributed by atoms with Crippen LogP contribution in [0.1, 0.15) is 43.1 Å². The molecule has 3 rings (SSSR count). The average Bonchev–Trinajstić information content (AvgIpc) is 2.97. The zero-order valence-electron chi connectivity index (χ0n) is 14.0. The number of hydrogen-bond donors (Lipinski definition) is 0. The first-order valence-electron chi connectivity index (χ1n) is 8.24. The fourth-order valence-electron chi connectivity index (χ4n) is 2.77. The third-order valence-corrected chi connectivity index (χ3v) is 5.15. The number of unbranched alkanes of at least 4 members (excludes halogenated alkanes) is 1. The summed E-state index contributed by atoms with van der Waals surface area (Å²) in [5.41, 5.74) is 3.52. The molecule has 7 heteroatoms. The van der Waals surface area contributed by atoms with Crippen molar-refractivity contribution in [2.24, 2.45) is 0 Å². The second-order valence-electron chi connectivity index (χ2n) is 5.89. The summed E-state index contributed by atoms with van der Waals surface area (Å²) >= 11 is 1.63. The van der Waals surface area contributed by atoms with Gasteiger partial charge >= 0.3 is 0 Å². The van der Waals surface area contributed by atoms with E-state index in [1.807, 2.05) is 4.52 Å². The molecule has 0 spiro atoms. The Kier molecular flexibility index (Phi) is 5.50. The van der Waals surface area contributed by atoms with Gasteiger partial charge in [-0.05, 0) is 38.7 Å². The Morgan fingerprint density at radius 3 is 2.91 bits per heavy atom. The van der Waals surface area contributed by atoms with Gasteiger partial charge in [0.25, 0.3) is 5.78 Å². The maximum Gasteiger partial charge on any atom is 0.253 e. The SMILES string of the molecule is CCCCc1c(C)nc2nc(SC[C@@H]3CCOCO3)nn2c1C. The fourth-order valence-corrected chi connectivity index (χ4v) is 3.65. The van der Waals surface area contributed by atoms with Gasteiger partial charge in [0.15, 0.2) is 0 Å². The predicted molar refractivity (Wildman–Crippen MR) is 89.9 cm³/mol. The number of aromatic nitrogens is 4. The molecule has 1 aliphatic heterocycles. The molecule has 1 aliphatic rings. The summed E-state index contributed by atoms with van der Waals surface area (Å²) in [5.74, 6) is 1.54. The van der Waals surface area contributed by atoms with Gasteiger partial charge in [0.2, 0.25) is 5.16 Å². The number of rotatable bonds is 6. The van der Waals surface area contributed by atoms with Crippen LogP contribution in [0.5, 0.6) is 0 Å². The van der Waals surface area contributed by atoms with E-state index in [1.54, 1.807) is 11.8 Å². The molecule has 0 amide bonds. The number of ether oxygens (including phenoxy) is 2. The van der Waals surface area contributed by atoms with Crippen molar-refractivity contribution in [1.82, 2.24) is 19.6 Å². The lowest BCUT2D eigenvalue weighted by Crippen LogP contribution is -2.25. The maximum absolute atomic E-state index is 5.56. The highest BCUT2D eigenvalue weighted by Gasteiger charge is 2.17. The summed E-state index contributed by atoms with van der Waals surface area (Å²) in [6.07, 6.45) is 4.55. The zero-order chi connectivity index (χ0) is 16.2. The summed E-state index contributed by atoms with van der Waals surface area (Å²) in [6, 6.07) is 0. The predicted octanol–water partition coefficient (Wildman–Crippen LogP) is 2.94. The first kappa shape index (κ1) is 16.7. The van der Waals surface area contributed by atoms with Crippen molar-refractivity contribution in [1.29, 1.82) is 0 Å². The summed E-state index contributed by atoms with van der Waals surface area (Å²) < 4.78 is 12.6. The third-order valence-electron chi connectivity index (χ3n) is 4.18. The van der Waals surface area contributed by atoms with Crippen molar-refractivity contribution in [3.63, 3.8) is 0 Å². The highest BCUT2D eigenvalue weighted by Crippen LogP contribution is 2.22. The molecule has 2 aromatic rings. The molecule has 1 atom stereocenters. The van der Waals surface area contributed by atoms with Crippen molar-refractivity contribution < 1.29 is 9.47 Å². The van der Waals surface area contributed by atoms with Crippen LogP contribution in [0.15, 0.2) is 5.16 Å². The molecule has 0 aromatic carbocycles. The first-order chi connectivity index (χ1) is 11.2. The Morgan fingerprint density at radius 1 is 1.30 bits per heavy atom. The lowest BCUT2D eigenvalue weighted by atomic mass is 10.1. The van der Waals surface area contributed by atoms with Crippen LogP contribution in [-0.2, 0) is 15.9 Å². The normalized spacial score (nSPS) is 18.7. The summed E-state index contributed by atoms with van der Waals surface area (Å²) in [7, 11) is 0. The van der Waals surface area contributed by atoms with E-state index in [1.165, 1.54) is 18.4 Å². The van der Waals surface area contributed by atoms with Crippen molar-refractivity contribution >= 4 is 17.5 Å². The van der Waals surface area contributed by atoms with E-state index < -0.39 is 0 Å². The number of fused-ring (bicyclic) bond motifs is 1. The lowest BCUT2D eigenvalue weighted by Gasteiger charge is -2.21. The average molecular weight is 336 g/mol. The van der Waals surface area contributed by atoms with Crippen LogP contribution >= 0.6 is 11.8 Å². The molecule has 2 aromatic heterocycles. The Hall–Kier alpha value is -1.18. The monoisotopic (exact) mass is 336 g/mol. The van der Waals surface area contributed by atoms with Gasteiger partial charge in [0.05, 0.1) is 12.7 Å². The van der Waals surface area contributed by atoms with Gasteiger partial charge in [0.1, 0.15) is 6.79 Å². The van der Waals surface area contributed by atoms with E-state index >= 15 is 0 Å². The second-order valence-corrected chi connectivity index (χ2v) is 6.87. The summed E-state index contributed by atoms with van der Waals surface area (Å²) in [5, 5.41) is 5.39. The Labute approximate surface area is 141 Å². The second kappa shape index (κ2) is 7.59. The molecular weight excluding hydrogens is 312 g/mol. The van der Waals surface area contributed by atoms with Crippen molar-refractivity contribution in [3.8, 4) is 0 Å². The van der Waals surface area contributed by atoms with Gasteiger partial charge in [-0.25, -0.2) is 9.50 Å². The molecule has 0 unspecified atom stereocenters. The highest BCUT2D eigenvalue weighted by molar-refractivity contribution is 7.99. The van der Waals surface area contributed by atoms with Gasteiger partial charge in [-0.3, -0.25) is 0 Å². The van der Waals surface area contributed by atoms with Crippen LogP contribution < -0.4 is 0 Å². The summed E-state index contributed by atoms with van der Waals surface area (Å²) in [4.78, 5) is 9.19. The number of aryl methyl sites for hydroxylation is 2. The Bertz CT molecular complexity index is 668. The molecule has 0 saturated carbocycles. The van der Waals surface area contributed by atoms with Gasteiger partial charge in [-0.15, -0.1) is 5.10 Å². The summed E-state index contributed by atoms with van der Waals surface area (Å²) in [6.45, 7) is 7.54. The molecule has 0 radical (unpaired) electrons. The smallest absolute Gasteiger partial charge is 0.253 e. The maximum atomic E-state index is 5.56. The molecule has 0 bridgehead atoms. The third kappa shape index (κ3) is 3.84. The van der Waals surface area contributed by atoms with E-state index in [2.05, 4.69) is 35.8 Å². The standard InChI is InChI=1S/C16H24N4O2S/c1-4-5-6-14-11(2)17-15-18-16(19-20(15)12(14)3)23-9-13-7-8-21-10-22-13/h13H,4-10H2,1-3H3/t13-/m0/s1. The fraction of sp³-hybridized carbons (Fsp3) is 0.688. The minimum atomic E-state index is 0.219. The van der Waals surface area contributed by atoms with E-state index in [-0.39, 0.29) is 6.10 Å². The lowest BCUT2D eigenvalue weighted by molar-refractivity contribution is -0.130. The molecule has 6 nitrogen and oxygen atoms in total. The van der Waals surface area contributed by atoms with Crippen LogP contribution in [-0.4, -0.2) is 44.8 Å². The molecule has 1 saturated heterocycles. The molecule has 23 heavy (non-hydrogen) atoms. The minimum Gasteiger partial charge on any atom is -0.355 e. The van der Waals surface area contributed by atoms with Crippen LogP contribution in [0.4, 0.5) is 0 Å². The Balaban J connectivity index is 1.76. The van der Waals surface area contributed by atoms with Crippen LogP contribution in [0.25, 0.3) is 5.78 Å². The minimum absolute atomic E-state index is 0.219. The number of thioether (sulfide) groups is 1. The van der Waals surface area contributed by atoms with E-state index in [0.717, 1.165) is 41.7 Å². The van der Waals surface area contributed by atoms with Gasteiger partial charge in [0, 0.05) is 17.1 Å². The number of hydrogen-bond acceptors (Lipinski definition) is 6. The molecule has 0 aliphatic carbocycles. The van der Waals surface area contributed by atoms with Crippen molar-refractivity contribution in [3.05, 3.63) is 17.0 Å². The van der Waals surface area contributed by atoms with Crippen LogP contribution in [0.2, 0.25) is 0 Å². The van der Waals surface area contributed by atoms with E-state index in [4.69, 9.17) is 9.47 Å². The van der Waals surface area contributed by atoms with Gasteiger partial charge in [-0.1, -0.05) is 25.1 Å². The first-order valence-corrected chi connectivity index (χ1v) is 9.22. The van der Waals surface area contributed by atoms with E-state index in [0.29, 0.717) is 12.6 Å². The number of nitrogens with zero attached hydrogens (tertiary/aromatic N) is 4. The molecule has 0 N–H and O–H groups in total. The Morgan fingerprint density at radius 2 is 2.17 bits per heavy atom. The topological polar surface area (TPSA) is 61.5 Å². The van der Waals surface area contributed by atoms with Crippen LogP contribution in [0, 0.1) is 13.8 Å². The molecule has 126 valence electrons.